The minimum Gasteiger partial charge on any atom is -0.505 e. The van der Waals surface area contributed by atoms with Gasteiger partial charge in [0.15, 0.2) is 23.1 Å². The number of nitrogens with one attached hydrogen (secondary N) is 1. The molecule has 1 heterocycles. The Labute approximate surface area is 235 Å². The van der Waals surface area contributed by atoms with Crippen molar-refractivity contribution in [2.45, 2.75) is 24.2 Å². The molecule has 0 radical (unpaired) electrons. The van der Waals surface area contributed by atoms with Crippen molar-refractivity contribution in [1.82, 2.24) is 5.32 Å². The lowest BCUT2D eigenvalue weighted by atomic mass is 9.44. The Kier molecular flexibility index (Phi) is 5.68. The van der Waals surface area contributed by atoms with Crippen LogP contribution in [0.5, 0.6) is 5.75 Å². The maximum absolute atomic E-state index is 15.0. The summed E-state index contributed by atoms with van der Waals surface area (Å²) in [7, 11) is 0. The van der Waals surface area contributed by atoms with Gasteiger partial charge in [-0.05, 0) is 53.7 Å². The molecule has 3 aromatic rings. The van der Waals surface area contributed by atoms with Crippen LogP contribution >= 0.6 is 0 Å². The van der Waals surface area contributed by atoms with Gasteiger partial charge < -0.3 is 5.11 Å². The molecule has 204 valence electrons. The van der Waals surface area contributed by atoms with Crippen molar-refractivity contribution in [2.75, 3.05) is 0 Å². The number of phenolic OH excluding ortho intramolecular Hbond substituents is 1. The van der Waals surface area contributed by atoms with Crippen molar-refractivity contribution in [3.05, 3.63) is 119 Å². The molecule has 4 aliphatic rings. The molecule has 7 heteroatoms. The molecule has 6 atom stereocenters. The maximum Gasteiger partial charge on any atom is 0.231 e. The molecular formula is C34H26FNO5. The lowest BCUT2D eigenvalue weighted by Gasteiger charge is -2.55. The fourth-order valence-electron chi connectivity index (χ4n) is 7.86. The number of benzene rings is 3. The van der Waals surface area contributed by atoms with E-state index in [4.69, 9.17) is 0 Å². The van der Waals surface area contributed by atoms with Crippen LogP contribution < -0.4 is 5.32 Å². The maximum atomic E-state index is 15.0. The number of carbonyl (C=O) groups excluding carboxylic acids is 4. The quantitative estimate of drug-likeness (QED) is 0.368. The molecule has 41 heavy (non-hydrogen) atoms. The van der Waals surface area contributed by atoms with Gasteiger partial charge in [-0.1, -0.05) is 78.4 Å². The summed E-state index contributed by atoms with van der Waals surface area (Å²) in [6.07, 6.45) is 3.82. The second kappa shape index (κ2) is 9.20. The van der Waals surface area contributed by atoms with E-state index in [9.17, 15) is 28.7 Å². The van der Waals surface area contributed by atoms with Gasteiger partial charge in [0, 0.05) is 17.4 Å². The van der Waals surface area contributed by atoms with E-state index in [1.165, 1.54) is 18.2 Å². The number of hydrogen-bond acceptors (Lipinski definition) is 5. The van der Waals surface area contributed by atoms with Gasteiger partial charge in [-0.2, -0.15) is 0 Å². The number of hydrogen-bond donors (Lipinski definition) is 2. The standard InChI is InChI=1S/C34H26FNO5/c35-26-15-19(11-14-27(26)37)30-21-12-13-22-29(33(41)36-32(22)40)24(21)16-25-31(39)23(18-7-3-1-4-8-18)17-28(38)34(25,30)20-9-5-2-6-10-20/h1-12,14-15,17,22,24-25,29-30,37H,13,16H2,(H,36,40,41). The molecule has 0 spiro atoms. The van der Waals surface area contributed by atoms with Crippen LogP contribution in [0.4, 0.5) is 4.39 Å². The zero-order valence-electron chi connectivity index (χ0n) is 21.9. The number of ketones is 2. The van der Waals surface area contributed by atoms with Crippen LogP contribution in [-0.4, -0.2) is 28.5 Å². The zero-order valence-corrected chi connectivity index (χ0v) is 21.9. The topological polar surface area (TPSA) is 101 Å². The molecule has 1 aliphatic heterocycles. The van der Waals surface area contributed by atoms with Crippen molar-refractivity contribution in [2.24, 2.45) is 23.7 Å². The van der Waals surface area contributed by atoms with Gasteiger partial charge in [-0.3, -0.25) is 24.5 Å². The second-order valence-corrected chi connectivity index (χ2v) is 11.4. The Morgan fingerprint density at radius 1 is 0.854 bits per heavy atom. The minimum atomic E-state index is -1.42. The van der Waals surface area contributed by atoms with Gasteiger partial charge in [0.25, 0.3) is 0 Å². The molecule has 1 saturated heterocycles. The van der Waals surface area contributed by atoms with Gasteiger partial charge in [0.05, 0.1) is 17.3 Å². The molecule has 6 unspecified atom stereocenters. The Morgan fingerprint density at radius 2 is 1.56 bits per heavy atom. The summed E-state index contributed by atoms with van der Waals surface area (Å²) in [4.78, 5) is 55.1. The van der Waals surface area contributed by atoms with Crippen LogP contribution in [0.1, 0.15) is 35.4 Å². The number of rotatable bonds is 3. The lowest BCUT2D eigenvalue weighted by Crippen LogP contribution is -2.58. The van der Waals surface area contributed by atoms with E-state index >= 15 is 0 Å². The summed E-state index contributed by atoms with van der Waals surface area (Å²) in [5.74, 6) is -6.03. The molecule has 0 bridgehead atoms. The molecule has 2 amide bonds. The molecule has 3 aliphatic carbocycles. The van der Waals surface area contributed by atoms with Crippen LogP contribution in [0.25, 0.3) is 5.57 Å². The van der Waals surface area contributed by atoms with Gasteiger partial charge in [-0.15, -0.1) is 0 Å². The van der Waals surface area contributed by atoms with Crippen LogP contribution in [0.2, 0.25) is 0 Å². The molecule has 7 rings (SSSR count). The summed E-state index contributed by atoms with van der Waals surface area (Å²) in [5.41, 5.74) is 1.29. The highest BCUT2D eigenvalue weighted by atomic mass is 19.1. The smallest absolute Gasteiger partial charge is 0.231 e. The SMILES string of the molecule is O=C1NC(=O)C2C1CC=C1C2CC2C(=O)C(c3ccccc3)=CC(=O)C2(c2ccccc2)C1c1ccc(O)c(F)c1. The first kappa shape index (κ1) is 25.3. The molecule has 0 aromatic heterocycles. The predicted molar refractivity (Wildman–Crippen MR) is 148 cm³/mol. The second-order valence-electron chi connectivity index (χ2n) is 11.4. The van der Waals surface area contributed by atoms with Crippen LogP contribution in [0, 0.1) is 29.5 Å². The summed E-state index contributed by atoms with van der Waals surface area (Å²) >= 11 is 0. The monoisotopic (exact) mass is 547 g/mol. The first-order chi connectivity index (χ1) is 19.8. The number of allylic oxidation sites excluding steroid dienone is 4. The van der Waals surface area contributed by atoms with Crippen LogP contribution in [0.15, 0.2) is 96.6 Å². The Hall–Kier alpha value is -4.65. The van der Waals surface area contributed by atoms with Crippen molar-refractivity contribution >= 4 is 29.0 Å². The first-order valence-corrected chi connectivity index (χ1v) is 13.8. The van der Waals surface area contributed by atoms with Crippen molar-refractivity contribution in [3.8, 4) is 5.75 Å². The number of imide groups is 1. The van der Waals surface area contributed by atoms with E-state index < -0.39 is 46.6 Å². The highest BCUT2D eigenvalue weighted by molar-refractivity contribution is 6.31. The highest BCUT2D eigenvalue weighted by Gasteiger charge is 2.65. The predicted octanol–water partition coefficient (Wildman–Crippen LogP) is 4.64. The summed E-state index contributed by atoms with van der Waals surface area (Å²) < 4.78 is 15.0. The van der Waals surface area contributed by atoms with Gasteiger partial charge in [0.1, 0.15) is 0 Å². The number of halogens is 1. The molecular weight excluding hydrogens is 521 g/mol. The third kappa shape index (κ3) is 3.54. The van der Waals surface area contributed by atoms with Crippen LogP contribution in [0.3, 0.4) is 0 Å². The van der Waals surface area contributed by atoms with Crippen LogP contribution in [-0.2, 0) is 24.6 Å². The summed E-state index contributed by atoms with van der Waals surface area (Å²) in [6.45, 7) is 0. The molecule has 3 aromatic carbocycles. The fraction of sp³-hybridized carbons (Fsp3) is 0.235. The van der Waals surface area contributed by atoms with E-state index in [1.807, 2.05) is 42.5 Å². The molecule has 2 N–H and O–H groups in total. The van der Waals surface area contributed by atoms with Gasteiger partial charge in [-0.25, -0.2) is 4.39 Å². The number of phenols is 1. The number of amides is 2. The highest BCUT2D eigenvalue weighted by Crippen LogP contribution is 2.63. The number of Topliss-reactive ketones (excluding diaryl/α,β-unsaturated/α-hetero) is 1. The van der Waals surface area contributed by atoms with E-state index in [0.717, 1.165) is 5.57 Å². The van der Waals surface area contributed by atoms with E-state index in [0.29, 0.717) is 28.7 Å². The first-order valence-electron chi connectivity index (χ1n) is 13.8. The lowest BCUT2D eigenvalue weighted by molar-refractivity contribution is -0.135. The zero-order chi connectivity index (χ0) is 28.5. The fourth-order valence-corrected chi connectivity index (χ4v) is 7.86. The van der Waals surface area contributed by atoms with Gasteiger partial charge >= 0.3 is 0 Å². The third-order valence-electron chi connectivity index (χ3n) is 9.52. The van der Waals surface area contributed by atoms with Gasteiger partial charge in [0.2, 0.25) is 11.8 Å². The normalized spacial score (nSPS) is 30.5. The summed E-state index contributed by atoms with van der Waals surface area (Å²) in [5, 5.41) is 12.5. The number of carbonyl (C=O) groups is 4. The minimum absolute atomic E-state index is 0.189. The largest absolute Gasteiger partial charge is 0.505 e. The average molecular weight is 548 g/mol. The number of fused-ring (bicyclic) bond motifs is 4. The Morgan fingerprint density at radius 3 is 2.27 bits per heavy atom. The van der Waals surface area contributed by atoms with E-state index in [2.05, 4.69) is 5.32 Å². The Bertz CT molecular complexity index is 1690. The number of aromatic hydroxyl groups is 1. The molecule has 6 nitrogen and oxygen atoms in total. The van der Waals surface area contributed by atoms with Crippen molar-refractivity contribution in [1.29, 1.82) is 0 Å². The van der Waals surface area contributed by atoms with Crippen molar-refractivity contribution < 1.29 is 28.7 Å². The Balaban J connectivity index is 1.53. The molecule has 1 saturated carbocycles. The summed E-state index contributed by atoms with van der Waals surface area (Å²) in [6, 6.07) is 22.1. The van der Waals surface area contributed by atoms with Crippen molar-refractivity contribution in [3.63, 3.8) is 0 Å². The van der Waals surface area contributed by atoms with E-state index in [1.54, 1.807) is 30.3 Å². The third-order valence-corrected chi connectivity index (χ3v) is 9.52. The molecule has 2 fully saturated rings. The average Bonchev–Trinajstić information content (AvgIpc) is 3.29. The van der Waals surface area contributed by atoms with E-state index in [-0.39, 0.29) is 29.8 Å².